The maximum absolute atomic E-state index is 9.71. The van der Waals surface area contributed by atoms with Crippen LogP contribution in [0.4, 0.5) is 0 Å². The summed E-state index contributed by atoms with van der Waals surface area (Å²) < 4.78 is 5.51. The summed E-state index contributed by atoms with van der Waals surface area (Å²) in [6.45, 7) is 8.09. The molecule has 0 bridgehead atoms. The van der Waals surface area contributed by atoms with Crippen molar-refractivity contribution < 1.29 is 9.84 Å². The van der Waals surface area contributed by atoms with E-state index in [9.17, 15) is 5.11 Å². The minimum atomic E-state index is -0.393. The minimum Gasteiger partial charge on any atom is -0.389 e. The number of nitrogens with zero attached hydrogens (tertiary/aromatic N) is 1. The van der Waals surface area contributed by atoms with Crippen LogP contribution in [0.2, 0.25) is 0 Å². The lowest BCUT2D eigenvalue weighted by atomic mass is 10.2. The highest BCUT2D eigenvalue weighted by Crippen LogP contribution is 2.07. The molecule has 15 heavy (non-hydrogen) atoms. The van der Waals surface area contributed by atoms with Gasteiger partial charge in [0.05, 0.1) is 18.3 Å². The van der Waals surface area contributed by atoms with Crippen molar-refractivity contribution in [3.63, 3.8) is 0 Å². The molecule has 0 aliphatic heterocycles. The Morgan fingerprint density at radius 2 is 2.00 bits per heavy atom. The Bertz CT molecular complexity index is 159. The first-order chi connectivity index (χ1) is 6.85. The minimum absolute atomic E-state index is 0.168. The van der Waals surface area contributed by atoms with Crippen molar-refractivity contribution in [3.8, 4) is 0 Å². The summed E-state index contributed by atoms with van der Waals surface area (Å²) in [5.41, 5.74) is -0.168. The van der Waals surface area contributed by atoms with E-state index in [0.29, 0.717) is 13.2 Å². The van der Waals surface area contributed by atoms with Crippen LogP contribution in [0.3, 0.4) is 0 Å². The number of rotatable bonds is 7. The molecule has 92 valence electrons. The Kier molecular flexibility index (Phi) is 7.61. The molecule has 0 amide bonds. The second kappa shape index (κ2) is 7.49. The Morgan fingerprint density at radius 1 is 1.40 bits per heavy atom. The molecule has 0 aliphatic carbocycles. The molecule has 1 unspecified atom stereocenters. The van der Waals surface area contributed by atoms with Gasteiger partial charge >= 0.3 is 0 Å². The molecule has 0 heterocycles. The van der Waals surface area contributed by atoms with E-state index < -0.39 is 6.10 Å². The molecule has 0 rings (SSSR count). The summed E-state index contributed by atoms with van der Waals surface area (Å²) in [5, 5.41) is 9.71. The van der Waals surface area contributed by atoms with Crippen LogP contribution in [0.15, 0.2) is 0 Å². The lowest BCUT2D eigenvalue weighted by Crippen LogP contribution is -2.35. The van der Waals surface area contributed by atoms with Crippen LogP contribution in [0.5, 0.6) is 0 Å². The van der Waals surface area contributed by atoms with Crippen LogP contribution >= 0.6 is 11.8 Å². The third kappa shape index (κ3) is 10.5. The van der Waals surface area contributed by atoms with E-state index in [-0.39, 0.29) is 5.60 Å². The molecule has 0 radical (unpaired) electrons. The maximum atomic E-state index is 9.71. The van der Waals surface area contributed by atoms with Crippen molar-refractivity contribution in [2.75, 3.05) is 38.8 Å². The largest absolute Gasteiger partial charge is 0.389 e. The number of thioether (sulfide) groups is 1. The maximum Gasteiger partial charge on any atom is 0.0900 e. The lowest BCUT2D eigenvalue weighted by Gasteiger charge is -2.24. The highest BCUT2D eigenvalue weighted by molar-refractivity contribution is 7.98. The summed E-state index contributed by atoms with van der Waals surface area (Å²) in [6, 6.07) is 0. The Morgan fingerprint density at radius 3 is 2.47 bits per heavy atom. The van der Waals surface area contributed by atoms with Crippen molar-refractivity contribution in [1.82, 2.24) is 4.90 Å². The molecule has 1 N–H and O–H groups in total. The van der Waals surface area contributed by atoms with Crippen LogP contribution in [0.25, 0.3) is 0 Å². The standard InChI is InChI=1S/C11H25NO2S/c1-11(2,3)14-9-10(13)8-12(4)6-7-15-5/h10,13H,6-9H2,1-5H3. The zero-order valence-corrected chi connectivity index (χ0v) is 11.4. The normalized spacial score (nSPS) is 14.6. The van der Waals surface area contributed by atoms with E-state index in [0.717, 1.165) is 12.3 Å². The third-order valence-corrected chi connectivity index (χ3v) is 2.50. The highest BCUT2D eigenvalue weighted by atomic mass is 32.2. The number of likely N-dealkylation sites (N-methyl/N-ethyl adjacent to an activating group) is 1. The van der Waals surface area contributed by atoms with Crippen molar-refractivity contribution in [3.05, 3.63) is 0 Å². The van der Waals surface area contributed by atoms with Gasteiger partial charge in [-0.25, -0.2) is 0 Å². The van der Waals surface area contributed by atoms with E-state index in [2.05, 4.69) is 11.2 Å². The summed E-state index contributed by atoms with van der Waals surface area (Å²) in [5.74, 6) is 1.10. The van der Waals surface area contributed by atoms with Gasteiger partial charge in [-0.05, 0) is 34.1 Å². The smallest absolute Gasteiger partial charge is 0.0900 e. The van der Waals surface area contributed by atoms with Gasteiger partial charge in [-0.15, -0.1) is 0 Å². The second-order valence-corrected chi connectivity index (χ2v) is 5.82. The summed E-state index contributed by atoms with van der Waals surface area (Å²) in [7, 11) is 2.02. The average Bonchev–Trinajstić information content (AvgIpc) is 2.10. The van der Waals surface area contributed by atoms with Crippen LogP contribution in [-0.2, 0) is 4.74 Å². The van der Waals surface area contributed by atoms with Gasteiger partial charge in [-0.3, -0.25) is 0 Å². The summed E-state index contributed by atoms with van der Waals surface area (Å²) in [4.78, 5) is 2.13. The summed E-state index contributed by atoms with van der Waals surface area (Å²) >= 11 is 1.82. The Labute approximate surface area is 98.2 Å². The molecule has 4 heteroatoms. The Hall–Kier alpha value is 0.230. The first-order valence-corrected chi connectivity index (χ1v) is 6.74. The first kappa shape index (κ1) is 15.2. The quantitative estimate of drug-likeness (QED) is 0.724. The molecular formula is C11H25NO2S. The molecule has 0 saturated carbocycles. The zero-order chi connectivity index (χ0) is 11.9. The van der Waals surface area contributed by atoms with Crippen LogP contribution in [0, 0.1) is 0 Å². The fourth-order valence-electron chi connectivity index (χ4n) is 1.10. The number of aliphatic hydroxyl groups is 1. The Balaban J connectivity index is 3.59. The molecule has 1 atom stereocenters. The molecule has 0 aromatic heterocycles. The number of aliphatic hydroxyl groups excluding tert-OH is 1. The fraction of sp³-hybridized carbons (Fsp3) is 1.00. The van der Waals surface area contributed by atoms with E-state index in [1.54, 1.807) is 0 Å². The third-order valence-electron chi connectivity index (χ3n) is 1.91. The fourth-order valence-corrected chi connectivity index (χ4v) is 1.59. The SMILES string of the molecule is CSCCN(C)CC(O)COC(C)(C)C. The van der Waals surface area contributed by atoms with Crippen molar-refractivity contribution in [1.29, 1.82) is 0 Å². The molecular weight excluding hydrogens is 210 g/mol. The number of hydrogen-bond donors (Lipinski definition) is 1. The van der Waals surface area contributed by atoms with Crippen LogP contribution in [0.1, 0.15) is 20.8 Å². The van der Waals surface area contributed by atoms with Crippen molar-refractivity contribution in [2.24, 2.45) is 0 Å². The predicted octanol–water partition coefficient (Wildman–Crippen LogP) is 1.46. The van der Waals surface area contributed by atoms with Gasteiger partial charge in [0.1, 0.15) is 0 Å². The van der Waals surface area contributed by atoms with Crippen LogP contribution in [-0.4, -0.2) is 60.5 Å². The van der Waals surface area contributed by atoms with Crippen LogP contribution < -0.4 is 0 Å². The molecule has 0 spiro atoms. The monoisotopic (exact) mass is 235 g/mol. The van der Waals surface area contributed by atoms with Gasteiger partial charge in [0.25, 0.3) is 0 Å². The molecule has 0 aromatic rings. The van der Waals surface area contributed by atoms with Gasteiger partial charge in [0, 0.05) is 18.8 Å². The number of hydrogen-bond acceptors (Lipinski definition) is 4. The van der Waals surface area contributed by atoms with Crippen molar-refractivity contribution >= 4 is 11.8 Å². The molecule has 0 fully saturated rings. The predicted molar refractivity (Wildman–Crippen MR) is 67.6 cm³/mol. The highest BCUT2D eigenvalue weighted by Gasteiger charge is 2.14. The van der Waals surface area contributed by atoms with Gasteiger partial charge < -0.3 is 14.7 Å². The van der Waals surface area contributed by atoms with Gasteiger partial charge in [0.2, 0.25) is 0 Å². The second-order valence-electron chi connectivity index (χ2n) is 4.83. The summed E-state index contributed by atoms with van der Waals surface area (Å²) in [6.07, 6.45) is 1.70. The van der Waals surface area contributed by atoms with Crippen molar-refractivity contribution in [2.45, 2.75) is 32.5 Å². The lowest BCUT2D eigenvalue weighted by molar-refractivity contribution is -0.0543. The van der Waals surface area contributed by atoms with E-state index in [1.165, 1.54) is 0 Å². The molecule has 3 nitrogen and oxygen atoms in total. The topological polar surface area (TPSA) is 32.7 Å². The zero-order valence-electron chi connectivity index (χ0n) is 10.6. The van der Waals surface area contributed by atoms with E-state index in [4.69, 9.17) is 4.74 Å². The van der Waals surface area contributed by atoms with Gasteiger partial charge in [0.15, 0.2) is 0 Å². The number of ether oxygens (including phenoxy) is 1. The molecule has 0 saturated heterocycles. The molecule has 0 aliphatic rings. The van der Waals surface area contributed by atoms with E-state index in [1.807, 2.05) is 39.6 Å². The first-order valence-electron chi connectivity index (χ1n) is 5.34. The molecule has 0 aromatic carbocycles. The average molecular weight is 235 g/mol. The van der Waals surface area contributed by atoms with Gasteiger partial charge in [-0.2, -0.15) is 11.8 Å². The van der Waals surface area contributed by atoms with E-state index >= 15 is 0 Å². The van der Waals surface area contributed by atoms with Gasteiger partial charge in [-0.1, -0.05) is 0 Å².